The molecule has 2 aromatic rings. The first-order valence-corrected chi connectivity index (χ1v) is 7.19. The number of ether oxygens (including phenoxy) is 2. The molecule has 1 heterocycles. The van der Waals surface area contributed by atoms with Gasteiger partial charge in [-0.25, -0.2) is 0 Å². The van der Waals surface area contributed by atoms with Crippen molar-refractivity contribution in [2.75, 3.05) is 13.2 Å². The van der Waals surface area contributed by atoms with Crippen molar-refractivity contribution in [3.63, 3.8) is 0 Å². The van der Waals surface area contributed by atoms with E-state index in [1.807, 2.05) is 13.0 Å². The number of benzene rings is 2. The van der Waals surface area contributed by atoms with E-state index in [9.17, 15) is 14.9 Å². The number of nitro groups is 1. The standard InChI is InChI=1S/C17H15NO5/c1-11-3-2-4-12(7-11)17(19)15-6-5-13(18(20)21)8-16(15)23-10-14-9-22-14/h2-8,14H,9-10H2,1H3. The minimum absolute atomic E-state index is 0.00353. The number of carbonyl (C=O) groups is 1. The van der Waals surface area contributed by atoms with Crippen molar-refractivity contribution in [3.05, 3.63) is 69.3 Å². The van der Waals surface area contributed by atoms with Gasteiger partial charge in [-0.3, -0.25) is 14.9 Å². The van der Waals surface area contributed by atoms with Gasteiger partial charge in [-0.1, -0.05) is 23.8 Å². The molecular formula is C17H15NO5. The molecule has 0 saturated carbocycles. The number of carbonyl (C=O) groups excluding carboxylic acids is 1. The van der Waals surface area contributed by atoms with Crippen LogP contribution in [-0.4, -0.2) is 30.0 Å². The fourth-order valence-electron chi connectivity index (χ4n) is 2.22. The number of aryl methyl sites for hydroxylation is 1. The predicted octanol–water partition coefficient (Wildman–Crippen LogP) is 2.91. The van der Waals surface area contributed by atoms with Crippen molar-refractivity contribution < 1.29 is 19.2 Å². The summed E-state index contributed by atoms with van der Waals surface area (Å²) in [5, 5.41) is 10.9. The lowest BCUT2D eigenvalue weighted by Crippen LogP contribution is -2.10. The van der Waals surface area contributed by atoms with Crippen LogP contribution in [0.25, 0.3) is 0 Å². The first-order valence-electron chi connectivity index (χ1n) is 7.19. The summed E-state index contributed by atoms with van der Waals surface area (Å²) in [6, 6.07) is 11.2. The Morgan fingerprint density at radius 1 is 1.35 bits per heavy atom. The molecule has 0 amide bonds. The molecule has 0 radical (unpaired) electrons. The molecule has 1 unspecified atom stereocenters. The summed E-state index contributed by atoms with van der Waals surface area (Å²) in [4.78, 5) is 23.1. The van der Waals surface area contributed by atoms with E-state index in [1.54, 1.807) is 18.2 Å². The maximum absolute atomic E-state index is 12.7. The molecule has 0 N–H and O–H groups in total. The first kappa shape index (κ1) is 15.2. The number of ketones is 1. The Bertz CT molecular complexity index is 767. The zero-order chi connectivity index (χ0) is 16.4. The SMILES string of the molecule is Cc1cccc(C(=O)c2ccc([N+](=O)[O-])cc2OCC2CO2)c1. The smallest absolute Gasteiger partial charge is 0.273 e. The van der Waals surface area contributed by atoms with Crippen molar-refractivity contribution in [2.45, 2.75) is 13.0 Å². The third-order valence-corrected chi connectivity index (χ3v) is 3.53. The summed E-state index contributed by atoms with van der Waals surface area (Å²) in [7, 11) is 0. The lowest BCUT2D eigenvalue weighted by Gasteiger charge is -2.10. The monoisotopic (exact) mass is 313 g/mol. The van der Waals surface area contributed by atoms with E-state index in [0.29, 0.717) is 17.7 Å². The molecule has 0 aliphatic carbocycles. The Morgan fingerprint density at radius 2 is 2.13 bits per heavy atom. The summed E-state index contributed by atoms with van der Waals surface area (Å²) in [5.74, 6) is -0.0171. The third-order valence-electron chi connectivity index (χ3n) is 3.53. The van der Waals surface area contributed by atoms with Crippen molar-refractivity contribution in [2.24, 2.45) is 0 Å². The minimum atomic E-state index is -0.512. The lowest BCUT2D eigenvalue weighted by atomic mass is 10.0. The van der Waals surface area contributed by atoms with E-state index in [-0.39, 0.29) is 29.9 Å². The van der Waals surface area contributed by atoms with Crippen LogP contribution >= 0.6 is 0 Å². The topological polar surface area (TPSA) is 82.0 Å². The second-order valence-corrected chi connectivity index (χ2v) is 5.40. The van der Waals surface area contributed by atoms with Gasteiger partial charge in [0.1, 0.15) is 18.5 Å². The summed E-state index contributed by atoms with van der Waals surface area (Å²) >= 11 is 0. The molecule has 2 aromatic carbocycles. The van der Waals surface area contributed by atoms with Crippen molar-refractivity contribution in [1.29, 1.82) is 0 Å². The van der Waals surface area contributed by atoms with Gasteiger partial charge >= 0.3 is 0 Å². The summed E-state index contributed by atoms with van der Waals surface area (Å²) in [6.07, 6.45) is -0.00353. The van der Waals surface area contributed by atoms with Gasteiger partial charge in [0.2, 0.25) is 0 Å². The predicted molar refractivity (Wildman–Crippen MR) is 82.9 cm³/mol. The van der Waals surface area contributed by atoms with E-state index >= 15 is 0 Å². The molecule has 3 rings (SSSR count). The quantitative estimate of drug-likeness (QED) is 0.354. The molecule has 6 heteroatoms. The molecule has 1 saturated heterocycles. The highest BCUT2D eigenvalue weighted by atomic mass is 16.6. The Morgan fingerprint density at radius 3 is 2.78 bits per heavy atom. The Labute approximate surface area is 132 Å². The number of hydrogen-bond acceptors (Lipinski definition) is 5. The van der Waals surface area contributed by atoms with E-state index < -0.39 is 4.92 Å². The number of nitro benzene ring substituents is 1. The number of hydrogen-bond donors (Lipinski definition) is 0. The lowest BCUT2D eigenvalue weighted by molar-refractivity contribution is -0.384. The number of non-ortho nitro benzene ring substituents is 1. The van der Waals surface area contributed by atoms with E-state index in [1.165, 1.54) is 18.2 Å². The highest BCUT2D eigenvalue weighted by Gasteiger charge is 2.25. The van der Waals surface area contributed by atoms with Crippen molar-refractivity contribution in [1.82, 2.24) is 0 Å². The Hall–Kier alpha value is -2.73. The van der Waals surface area contributed by atoms with Gasteiger partial charge in [-0.05, 0) is 19.1 Å². The van der Waals surface area contributed by atoms with Crippen LogP contribution in [0.2, 0.25) is 0 Å². The fourth-order valence-corrected chi connectivity index (χ4v) is 2.22. The molecule has 1 aliphatic rings. The van der Waals surface area contributed by atoms with E-state index in [0.717, 1.165) is 5.56 Å². The molecule has 1 atom stereocenters. The van der Waals surface area contributed by atoms with Crippen LogP contribution in [-0.2, 0) is 4.74 Å². The molecule has 0 aromatic heterocycles. The van der Waals surface area contributed by atoms with Crippen LogP contribution in [0.4, 0.5) is 5.69 Å². The maximum atomic E-state index is 12.7. The van der Waals surface area contributed by atoms with E-state index in [2.05, 4.69) is 0 Å². The number of epoxide rings is 1. The molecule has 23 heavy (non-hydrogen) atoms. The molecular weight excluding hydrogens is 298 g/mol. The highest BCUT2D eigenvalue weighted by Crippen LogP contribution is 2.28. The Kier molecular flexibility index (Phi) is 4.08. The van der Waals surface area contributed by atoms with Crippen molar-refractivity contribution in [3.8, 4) is 5.75 Å². The number of rotatable bonds is 6. The molecule has 0 spiro atoms. The maximum Gasteiger partial charge on any atom is 0.273 e. The summed E-state index contributed by atoms with van der Waals surface area (Å²) in [6.45, 7) is 2.78. The molecule has 118 valence electrons. The number of nitrogens with zero attached hydrogens (tertiary/aromatic N) is 1. The van der Waals surface area contributed by atoms with Gasteiger partial charge in [-0.2, -0.15) is 0 Å². The second kappa shape index (κ2) is 6.18. The van der Waals surface area contributed by atoms with Gasteiger partial charge in [0.25, 0.3) is 5.69 Å². The van der Waals surface area contributed by atoms with Crippen LogP contribution in [0.5, 0.6) is 5.75 Å². The second-order valence-electron chi connectivity index (χ2n) is 5.40. The highest BCUT2D eigenvalue weighted by molar-refractivity contribution is 6.11. The molecule has 0 bridgehead atoms. The minimum Gasteiger partial charge on any atom is -0.490 e. The average Bonchev–Trinajstić information content (AvgIpc) is 3.36. The van der Waals surface area contributed by atoms with Gasteiger partial charge in [0.05, 0.1) is 23.2 Å². The summed E-state index contributed by atoms with van der Waals surface area (Å²) < 4.78 is 10.6. The fraction of sp³-hybridized carbons (Fsp3) is 0.235. The van der Waals surface area contributed by atoms with E-state index in [4.69, 9.17) is 9.47 Å². The largest absolute Gasteiger partial charge is 0.490 e. The van der Waals surface area contributed by atoms with Gasteiger partial charge in [-0.15, -0.1) is 0 Å². The molecule has 1 fully saturated rings. The molecule has 1 aliphatic heterocycles. The van der Waals surface area contributed by atoms with Gasteiger partial charge < -0.3 is 9.47 Å². The van der Waals surface area contributed by atoms with Crippen LogP contribution in [0.1, 0.15) is 21.5 Å². The van der Waals surface area contributed by atoms with Gasteiger partial charge in [0.15, 0.2) is 5.78 Å². The Balaban J connectivity index is 1.95. The van der Waals surface area contributed by atoms with Crippen LogP contribution in [0.3, 0.4) is 0 Å². The van der Waals surface area contributed by atoms with Crippen LogP contribution in [0, 0.1) is 17.0 Å². The summed E-state index contributed by atoms with van der Waals surface area (Å²) in [5.41, 5.74) is 1.68. The van der Waals surface area contributed by atoms with Crippen LogP contribution < -0.4 is 4.74 Å². The zero-order valence-corrected chi connectivity index (χ0v) is 12.5. The van der Waals surface area contributed by atoms with Crippen molar-refractivity contribution >= 4 is 11.5 Å². The van der Waals surface area contributed by atoms with Gasteiger partial charge in [0, 0.05) is 11.6 Å². The zero-order valence-electron chi connectivity index (χ0n) is 12.5. The third kappa shape index (κ3) is 3.54. The average molecular weight is 313 g/mol. The van der Waals surface area contributed by atoms with Crippen LogP contribution in [0.15, 0.2) is 42.5 Å². The normalized spacial score (nSPS) is 16.0. The molecule has 6 nitrogen and oxygen atoms in total. The first-order chi connectivity index (χ1) is 11.0.